The fourth-order valence-electron chi connectivity index (χ4n) is 2.76. The first-order valence-electron chi connectivity index (χ1n) is 8.04. The van der Waals surface area contributed by atoms with Crippen LogP contribution in [0.2, 0.25) is 4.34 Å². The highest BCUT2D eigenvalue weighted by Gasteiger charge is 2.15. The highest BCUT2D eigenvalue weighted by molar-refractivity contribution is 7.16. The van der Waals surface area contributed by atoms with E-state index in [0.29, 0.717) is 0 Å². The van der Waals surface area contributed by atoms with Crippen molar-refractivity contribution >= 4 is 22.9 Å². The molecule has 2 aromatic heterocycles. The molecule has 0 saturated carbocycles. The van der Waals surface area contributed by atoms with E-state index in [1.807, 2.05) is 18.6 Å². The van der Waals surface area contributed by atoms with Crippen molar-refractivity contribution in [2.75, 3.05) is 0 Å². The first-order valence-corrected chi connectivity index (χ1v) is 9.24. The maximum absolute atomic E-state index is 6.40. The third-order valence-electron chi connectivity index (χ3n) is 4.01. The van der Waals surface area contributed by atoms with Crippen molar-refractivity contribution in [1.82, 2.24) is 9.55 Å². The summed E-state index contributed by atoms with van der Waals surface area (Å²) in [5.74, 6) is 0.992. The zero-order chi connectivity index (χ0) is 16.9. The molecule has 0 saturated heterocycles. The zero-order valence-electron chi connectivity index (χ0n) is 13.9. The number of hydrogen-bond acceptors (Lipinski definition) is 3. The van der Waals surface area contributed by atoms with Gasteiger partial charge in [0.15, 0.2) is 0 Å². The molecule has 0 radical (unpaired) electrons. The van der Waals surface area contributed by atoms with Crippen molar-refractivity contribution in [3.8, 4) is 5.75 Å². The summed E-state index contributed by atoms with van der Waals surface area (Å²) >= 11 is 7.68. The molecular formula is C19H21ClN2OS. The largest absolute Gasteiger partial charge is 0.488 e. The molecule has 0 spiro atoms. The predicted molar refractivity (Wildman–Crippen MR) is 100 cm³/mol. The van der Waals surface area contributed by atoms with Gasteiger partial charge in [0.05, 0.1) is 17.2 Å². The summed E-state index contributed by atoms with van der Waals surface area (Å²) in [5, 5.41) is 0. The molecule has 0 amide bonds. The topological polar surface area (TPSA) is 27.1 Å². The lowest BCUT2D eigenvalue weighted by Crippen LogP contribution is -2.24. The Bertz CT molecular complexity index is 762. The van der Waals surface area contributed by atoms with Gasteiger partial charge in [-0.05, 0) is 49.9 Å². The molecule has 3 nitrogen and oxygen atoms in total. The second-order valence-electron chi connectivity index (χ2n) is 5.96. The lowest BCUT2D eigenvalue weighted by atomic mass is 10.1. The van der Waals surface area contributed by atoms with Gasteiger partial charge in [-0.15, -0.1) is 11.3 Å². The minimum absolute atomic E-state index is 0.0832. The van der Waals surface area contributed by atoms with Crippen molar-refractivity contribution in [2.24, 2.45) is 0 Å². The molecule has 0 bridgehead atoms. The lowest BCUT2D eigenvalue weighted by Gasteiger charge is -2.22. The van der Waals surface area contributed by atoms with Gasteiger partial charge in [0.25, 0.3) is 0 Å². The van der Waals surface area contributed by atoms with Gasteiger partial charge >= 0.3 is 0 Å². The monoisotopic (exact) mass is 360 g/mol. The molecule has 126 valence electrons. The van der Waals surface area contributed by atoms with Crippen LogP contribution in [0.25, 0.3) is 0 Å². The maximum Gasteiger partial charge on any atom is 0.125 e. The molecule has 1 unspecified atom stereocenters. The number of thiophene rings is 1. The van der Waals surface area contributed by atoms with Crippen LogP contribution in [0.15, 0.2) is 49.1 Å². The SMILES string of the molecule is Cc1cccc(C)c1OC(CCc1ccc(Cl)s1)Cn1ccnc1. The van der Waals surface area contributed by atoms with Gasteiger partial charge in [0, 0.05) is 17.3 Å². The number of hydrogen-bond donors (Lipinski definition) is 0. The first-order chi connectivity index (χ1) is 11.6. The van der Waals surface area contributed by atoms with Crippen LogP contribution in [-0.2, 0) is 13.0 Å². The molecule has 24 heavy (non-hydrogen) atoms. The standard InChI is InChI=1S/C19H21ClN2OS/c1-14-4-3-5-15(2)19(14)23-16(12-22-11-10-21-13-22)6-7-17-8-9-18(20)24-17/h3-5,8-11,13,16H,6-7,12H2,1-2H3. The Morgan fingerprint density at radius 2 is 2.00 bits per heavy atom. The van der Waals surface area contributed by atoms with Gasteiger partial charge in [-0.1, -0.05) is 29.8 Å². The smallest absolute Gasteiger partial charge is 0.125 e. The van der Waals surface area contributed by atoms with Gasteiger partial charge in [0.2, 0.25) is 0 Å². The van der Waals surface area contributed by atoms with Crippen LogP contribution in [0, 0.1) is 13.8 Å². The number of benzene rings is 1. The molecule has 0 aliphatic carbocycles. The summed E-state index contributed by atoms with van der Waals surface area (Å²) in [5.41, 5.74) is 2.34. The van der Waals surface area contributed by atoms with E-state index in [4.69, 9.17) is 16.3 Å². The molecule has 3 aromatic rings. The molecule has 1 atom stereocenters. The fraction of sp³-hybridized carbons (Fsp3) is 0.316. The number of ether oxygens (including phenoxy) is 1. The summed E-state index contributed by atoms with van der Waals surface area (Å²) in [4.78, 5) is 5.42. The number of imidazole rings is 1. The Hall–Kier alpha value is -1.78. The Kier molecular flexibility index (Phi) is 5.59. The molecule has 2 heterocycles. The normalized spacial score (nSPS) is 12.3. The number of para-hydroxylation sites is 1. The van der Waals surface area contributed by atoms with Crippen LogP contribution in [0.4, 0.5) is 0 Å². The second-order valence-corrected chi connectivity index (χ2v) is 7.76. The van der Waals surface area contributed by atoms with E-state index >= 15 is 0 Å². The average Bonchev–Trinajstić information content (AvgIpc) is 3.20. The predicted octanol–water partition coefficient (Wildman–Crippen LogP) is 5.30. The third-order valence-corrected chi connectivity index (χ3v) is 5.30. The molecule has 0 N–H and O–H groups in total. The van der Waals surface area contributed by atoms with Crippen molar-refractivity contribution in [3.05, 3.63) is 69.4 Å². The summed E-state index contributed by atoms with van der Waals surface area (Å²) in [6.07, 6.45) is 7.59. The molecule has 3 rings (SSSR count). The highest BCUT2D eigenvalue weighted by atomic mass is 35.5. The molecular weight excluding hydrogens is 340 g/mol. The van der Waals surface area contributed by atoms with E-state index in [9.17, 15) is 0 Å². The van der Waals surface area contributed by atoms with Crippen molar-refractivity contribution < 1.29 is 4.74 Å². The number of halogens is 1. The van der Waals surface area contributed by atoms with Crippen LogP contribution in [-0.4, -0.2) is 15.7 Å². The van der Waals surface area contributed by atoms with E-state index in [1.54, 1.807) is 17.5 Å². The van der Waals surface area contributed by atoms with Gasteiger partial charge in [-0.25, -0.2) is 4.98 Å². The first kappa shape index (κ1) is 17.1. The third kappa shape index (κ3) is 4.40. The zero-order valence-corrected chi connectivity index (χ0v) is 15.5. The van der Waals surface area contributed by atoms with E-state index in [2.05, 4.69) is 47.7 Å². The van der Waals surface area contributed by atoms with Crippen LogP contribution in [0.5, 0.6) is 5.75 Å². The van der Waals surface area contributed by atoms with E-state index in [-0.39, 0.29) is 6.10 Å². The molecule has 0 fully saturated rings. The highest BCUT2D eigenvalue weighted by Crippen LogP contribution is 2.27. The Labute approximate surface area is 151 Å². The lowest BCUT2D eigenvalue weighted by molar-refractivity contribution is 0.168. The van der Waals surface area contributed by atoms with Crippen LogP contribution >= 0.6 is 22.9 Å². The Morgan fingerprint density at radius 3 is 2.62 bits per heavy atom. The van der Waals surface area contributed by atoms with E-state index < -0.39 is 0 Å². The number of aryl methyl sites for hydroxylation is 3. The van der Waals surface area contributed by atoms with Gasteiger partial charge < -0.3 is 9.30 Å². The fourth-order valence-corrected chi connectivity index (χ4v) is 3.86. The number of aromatic nitrogens is 2. The molecule has 0 aliphatic rings. The molecule has 1 aromatic carbocycles. The van der Waals surface area contributed by atoms with E-state index in [1.165, 1.54) is 16.0 Å². The summed E-state index contributed by atoms with van der Waals surface area (Å²) < 4.78 is 9.31. The van der Waals surface area contributed by atoms with Crippen molar-refractivity contribution in [2.45, 2.75) is 39.3 Å². The minimum atomic E-state index is 0.0832. The maximum atomic E-state index is 6.40. The quantitative estimate of drug-likeness (QED) is 0.572. The van der Waals surface area contributed by atoms with Gasteiger partial charge in [0.1, 0.15) is 11.9 Å². The molecule has 5 heteroatoms. The summed E-state index contributed by atoms with van der Waals surface area (Å²) in [7, 11) is 0. The van der Waals surface area contributed by atoms with Crippen LogP contribution in [0.3, 0.4) is 0 Å². The van der Waals surface area contributed by atoms with E-state index in [0.717, 1.165) is 29.5 Å². The summed E-state index contributed by atoms with van der Waals surface area (Å²) in [6.45, 7) is 4.97. The van der Waals surface area contributed by atoms with Crippen molar-refractivity contribution in [1.29, 1.82) is 0 Å². The Morgan fingerprint density at radius 1 is 1.21 bits per heavy atom. The van der Waals surface area contributed by atoms with Crippen LogP contribution < -0.4 is 4.74 Å². The van der Waals surface area contributed by atoms with Crippen LogP contribution in [0.1, 0.15) is 22.4 Å². The minimum Gasteiger partial charge on any atom is -0.488 e. The number of nitrogens with zero attached hydrogens (tertiary/aromatic N) is 2. The molecule has 0 aliphatic heterocycles. The summed E-state index contributed by atoms with van der Waals surface area (Å²) in [6, 6.07) is 10.3. The van der Waals surface area contributed by atoms with Gasteiger partial charge in [-0.2, -0.15) is 0 Å². The second kappa shape index (κ2) is 7.86. The van der Waals surface area contributed by atoms with Crippen molar-refractivity contribution in [3.63, 3.8) is 0 Å². The number of rotatable bonds is 7. The van der Waals surface area contributed by atoms with Gasteiger partial charge in [-0.3, -0.25) is 0 Å². The Balaban J connectivity index is 1.73. The average molecular weight is 361 g/mol.